The molecule has 5 nitrogen and oxygen atoms in total. The van der Waals surface area contributed by atoms with Crippen molar-refractivity contribution in [1.29, 1.82) is 0 Å². The highest BCUT2D eigenvalue weighted by Gasteiger charge is 2.32. The van der Waals surface area contributed by atoms with E-state index in [0.717, 1.165) is 40.6 Å². The number of benzene rings is 2. The van der Waals surface area contributed by atoms with Crippen LogP contribution in [0.1, 0.15) is 56.0 Å². The summed E-state index contributed by atoms with van der Waals surface area (Å²) < 4.78 is 17.3. The van der Waals surface area contributed by atoms with Crippen LogP contribution in [0.3, 0.4) is 0 Å². The smallest absolute Gasteiger partial charge is 0.161 e. The second-order valence-electron chi connectivity index (χ2n) is 7.20. The SMILES string of the molecule is CCOc1cccc(Cc2[nH]nc3c2C(C)c2cc(OCC)c(OCC)cc2-3)c1. The summed E-state index contributed by atoms with van der Waals surface area (Å²) in [5.41, 5.74) is 7.01. The van der Waals surface area contributed by atoms with E-state index in [9.17, 15) is 0 Å². The number of nitrogens with zero attached hydrogens (tertiary/aromatic N) is 1. The van der Waals surface area contributed by atoms with Crippen molar-refractivity contribution in [3.63, 3.8) is 0 Å². The fourth-order valence-corrected chi connectivity index (χ4v) is 4.14. The summed E-state index contributed by atoms with van der Waals surface area (Å²) in [4.78, 5) is 0. The van der Waals surface area contributed by atoms with Gasteiger partial charge >= 0.3 is 0 Å². The minimum absolute atomic E-state index is 0.249. The minimum atomic E-state index is 0.249. The van der Waals surface area contributed by atoms with Crippen LogP contribution in [0.15, 0.2) is 36.4 Å². The van der Waals surface area contributed by atoms with Gasteiger partial charge in [0.05, 0.1) is 25.5 Å². The quantitative estimate of drug-likeness (QED) is 0.563. The number of nitrogens with one attached hydrogen (secondary N) is 1. The maximum Gasteiger partial charge on any atom is 0.161 e. The first-order chi connectivity index (χ1) is 14.2. The highest BCUT2D eigenvalue weighted by molar-refractivity contribution is 5.79. The van der Waals surface area contributed by atoms with Crippen LogP contribution in [-0.4, -0.2) is 30.0 Å². The Labute approximate surface area is 172 Å². The van der Waals surface area contributed by atoms with Gasteiger partial charge in [-0.2, -0.15) is 5.10 Å². The summed E-state index contributed by atoms with van der Waals surface area (Å²) in [6, 6.07) is 12.5. The molecule has 1 atom stereocenters. The van der Waals surface area contributed by atoms with Crippen molar-refractivity contribution in [2.75, 3.05) is 19.8 Å². The molecule has 0 amide bonds. The molecular formula is C24H28N2O3. The van der Waals surface area contributed by atoms with Crippen molar-refractivity contribution in [2.45, 2.75) is 40.0 Å². The Morgan fingerprint density at radius 2 is 1.66 bits per heavy atom. The Bertz CT molecular complexity index is 1010. The second kappa shape index (κ2) is 8.19. The second-order valence-corrected chi connectivity index (χ2v) is 7.20. The molecule has 0 saturated heterocycles. The lowest BCUT2D eigenvalue weighted by Crippen LogP contribution is -2.01. The van der Waals surface area contributed by atoms with Crippen LogP contribution in [0.5, 0.6) is 17.2 Å². The normalized spacial score (nSPS) is 14.4. The molecule has 0 radical (unpaired) electrons. The van der Waals surface area contributed by atoms with Crippen molar-refractivity contribution in [1.82, 2.24) is 10.2 Å². The highest BCUT2D eigenvalue weighted by atomic mass is 16.5. The topological polar surface area (TPSA) is 56.4 Å². The van der Waals surface area contributed by atoms with Gasteiger partial charge in [-0.3, -0.25) is 5.10 Å². The van der Waals surface area contributed by atoms with Crippen LogP contribution >= 0.6 is 0 Å². The number of aromatic nitrogens is 2. The summed E-state index contributed by atoms with van der Waals surface area (Å²) in [7, 11) is 0. The molecule has 1 aromatic heterocycles. The van der Waals surface area contributed by atoms with Gasteiger partial charge in [-0.1, -0.05) is 19.1 Å². The molecule has 1 aliphatic carbocycles. The fourth-order valence-electron chi connectivity index (χ4n) is 4.14. The van der Waals surface area contributed by atoms with Crippen molar-refractivity contribution < 1.29 is 14.2 Å². The Morgan fingerprint density at radius 1 is 0.931 bits per heavy atom. The fraction of sp³-hybridized carbons (Fsp3) is 0.375. The van der Waals surface area contributed by atoms with E-state index in [1.54, 1.807) is 0 Å². The number of H-pyrrole nitrogens is 1. The predicted molar refractivity (Wildman–Crippen MR) is 114 cm³/mol. The molecule has 0 bridgehead atoms. The van der Waals surface area contributed by atoms with Gasteiger partial charge in [-0.25, -0.2) is 0 Å². The molecule has 0 fully saturated rings. The van der Waals surface area contributed by atoms with Crippen LogP contribution in [0.4, 0.5) is 0 Å². The molecule has 0 aliphatic heterocycles. The van der Waals surface area contributed by atoms with E-state index in [1.807, 2.05) is 32.9 Å². The molecule has 2 aromatic carbocycles. The van der Waals surface area contributed by atoms with Crippen molar-refractivity contribution in [2.24, 2.45) is 0 Å². The van der Waals surface area contributed by atoms with E-state index in [0.29, 0.717) is 19.8 Å². The van der Waals surface area contributed by atoms with Crippen LogP contribution in [0.2, 0.25) is 0 Å². The third-order valence-electron chi connectivity index (χ3n) is 5.34. The van der Waals surface area contributed by atoms with Gasteiger partial charge in [0, 0.05) is 29.2 Å². The van der Waals surface area contributed by atoms with Crippen LogP contribution in [0, 0.1) is 0 Å². The Balaban J connectivity index is 1.69. The summed E-state index contributed by atoms with van der Waals surface area (Å²) in [5.74, 6) is 2.74. The molecule has 4 rings (SSSR count). The molecule has 1 aliphatic rings. The molecule has 1 N–H and O–H groups in total. The van der Waals surface area contributed by atoms with Gasteiger partial charge < -0.3 is 14.2 Å². The van der Waals surface area contributed by atoms with Crippen LogP contribution in [0.25, 0.3) is 11.3 Å². The van der Waals surface area contributed by atoms with E-state index in [-0.39, 0.29) is 5.92 Å². The summed E-state index contributed by atoms with van der Waals surface area (Å²) >= 11 is 0. The molecule has 29 heavy (non-hydrogen) atoms. The Kier molecular flexibility index (Phi) is 5.47. The molecular weight excluding hydrogens is 364 g/mol. The molecule has 3 aromatic rings. The number of rotatable bonds is 8. The molecule has 5 heteroatoms. The zero-order chi connectivity index (χ0) is 20.4. The third-order valence-corrected chi connectivity index (χ3v) is 5.34. The van der Waals surface area contributed by atoms with E-state index in [2.05, 4.69) is 41.4 Å². The van der Waals surface area contributed by atoms with Crippen LogP contribution < -0.4 is 14.2 Å². The maximum absolute atomic E-state index is 5.83. The monoisotopic (exact) mass is 392 g/mol. The van der Waals surface area contributed by atoms with Gasteiger partial charge in [0.1, 0.15) is 5.75 Å². The number of ether oxygens (including phenoxy) is 3. The van der Waals surface area contributed by atoms with E-state index < -0.39 is 0 Å². The van der Waals surface area contributed by atoms with Gasteiger partial charge in [-0.15, -0.1) is 0 Å². The zero-order valence-electron chi connectivity index (χ0n) is 17.5. The minimum Gasteiger partial charge on any atom is -0.494 e. The highest BCUT2D eigenvalue weighted by Crippen LogP contribution is 2.49. The summed E-state index contributed by atoms with van der Waals surface area (Å²) in [6.07, 6.45) is 0.790. The van der Waals surface area contributed by atoms with Crippen LogP contribution in [-0.2, 0) is 6.42 Å². The first-order valence-corrected chi connectivity index (χ1v) is 10.4. The number of hydrogen-bond acceptors (Lipinski definition) is 4. The van der Waals surface area contributed by atoms with E-state index in [4.69, 9.17) is 14.2 Å². The zero-order valence-corrected chi connectivity index (χ0v) is 17.5. The number of hydrogen-bond donors (Lipinski definition) is 1. The first kappa shape index (κ1) is 19.4. The Morgan fingerprint density at radius 3 is 2.38 bits per heavy atom. The lowest BCUT2D eigenvalue weighted by atomic mass is 9.96. The molecule has 0 saturated carbocycles. The molecule has 1 unspecified atom stereocenters. The largest absolute Gasteiger partial charge is 0.494 e. The van der Waals surface area contributed by atoms with Gasteiger partial charge in [0.25, 0.3) is 0 Å². The first-order valence-electron chi connectivity index (χ1n) is 10.4. The average Bonchev–Trinajstić information content (AvgIpc) is 3.23. The summed E-state index contributed by atoms with van der Waals surface area (Å²) in [5, 5.41) is 7.94. The maximum atomic E-state index is 5.83. The van der Waals surface area contributed by atoms with Gasteiger partial charge in [0.15, 0.2) is 11.5 Å². The Hall–Kier alpha value is -2.95. The molecule has 1 heterocycles. The summed E-state index contributed by atoms with van der Waals surface area (Å²) in [6.45, 7) is 10.1. The van der Waals surface area contributed by atoms with Gasteiger partial charge in [0.2, 0.25) is 0 Å². The van der Waals surface area contributed by atoms with Gasteiger partial charge in [-0.05, 0) is 56.2 Å². The standard InChI is InChI=1S/C24H28N2O3/c1-5-27-17-10-8-9-16(11-17)12-20-23-15(4)18-13-21(28-6-2)22(29-7-3)14-19(18)24(23)26-25-20/h8-11,13-15H,5-7,12H2,1-4H3,(H,25,26). The lowest BCUT2D eigenvalue weighted by molar-refractivity contribution is 0.287. The van der Waals surface area contributed by atoms with E-state index >= 15 is 0 Å². The van der Waals surface area contributed by atoms with Crippen molar-refractivity contribution in [3.8, 4) is 28.5 Å². The lowest BCUT2D eigenvalue weighted by Gasteiger charge is -2.15. The average molecular weight is 392 g/mol. The predicted octanol–water partition coefficient (Wildman–Crippen LogP) is 5.33. The van der Waals surface area contributed by atoms with Crippen molar-refractivity contribution in [3.05, 3.63) is 58.8 Å². The number of fused-ring (bicyclic) bond motifs is 3. The number of aromatic amines is 1. The van der Waals surface area contributed by atoms with Crippen molar-refractivity contribution >= 4 is 0 Å². The van der Waals surface area contributed by atoms with E-state index in [1.165, 1.54) is 16.7 Å². The third kappa shape index (κ3) is 3.57. The molecule has 0 spiro atoms. The molecule has 152 valence electrons.